The SMILES string of the molecule is CCCc1cc(CCC)c2c(c1)C(=O)CC(OCCCOc1ccc3c(=O)cc(C(=O)OCC)[nH]c3c1CCC)(C(=O)OCC)O2. The van der Waals surface area contributed by atoms with Crippen molar-refractivity contribution in [2.24, 2.45) is 0 Å². The highest BCUT2D eigenvalue weighted by Gasteiger charge is 2.50. The van der Waals surface area contributed by atoms with Crippen LogP contribution < -0.4 is 14.9 Å². The zero-order valence-electron chi connectivity index (χ0n) is 27.5. The van der Waals surface area contributed by atoms with Crippen LogP contribution in [0.1, 0.15) is 104 Å². The fourth-order valence-corrected chi connectivity index (χ4v) is 5.76. The number of fused-ring (bicyclic) bond motifs is 2. The molecule has 3 aromatic rings. The van der Waals surface area contributed by atoms with Crippen molar-refractivity contribution in [2.45, 2.75) is 91.8 Å². The Morgan fingerprint density at radius 3 is 2.33 bits per heavy atom. The number of rotatable bonds is 16. The Morgan fingerprint density at radius 1 is 0.891 bits per heavy atom. The smallest absolute Gasteiger partial charge is 0.380 e. The fraction of sp³-hybridized carbons (Fsp3) is 0.500. The fourth-order valence-electron chi connectivity index (χ4n) is 5.76. The number of carbonyl (C=O) groups is 3. The quantitative estimate of drug-likeness (QED) is 0.143. The van der Waals surface area contributed by atoms with E-state index in [0.717, 1.165) is 42.4 Å². The second kappa shape index (κ2) is 15.9. The number of hydrogen-bond acceptors (Lipinski definition) is 9. The Kier molecular flexibility index (Phi) is 12.0. The lowest BCUT2D eigenvalue weighted by Crippen LogP contribution is -2.52. The summed E-state index contributed by atoms with van der Waals surface area (Å²) in [6, 6.07) is 8.58. The third-order valence-corrected chi connectivity index (χ3v) is 7.78. The molecule has 1 N–H and O–H groups in total. The van der Waals surface area contributed by atoms with E-state index in [9.17, 15) is 19.2 Å². The minimum atomic E-state index is -1.89. The summed E-state index contributed by atoms with van der Waals surface area (Å²) in [6.07, 6.45) is 4.79. The van der Waals surface area contributed by atoms with E-state index < -0.39 is 17.7 Å². The number of pyridine rings is 1. The van der Waals surface area contributed by atoms with E-state index in [-0.39, 0.29) is 49.8 Å². The number of H-pyrrole nitrogens is 1. The van der Waals surface area contributed by atoms with Crippen LogP contribution in [0.25, 0.3) is 10.9 Å². The molecule has 1 atom stereocenters. The van der Waals surface area contributed by atoms with Gasteiger partial charge in [0.15, 0.2) is 11.2 Å². The molecule has 0 spiro atoms. The molecule has 0 saturated heterocycles. The largest absolute Gasteiger partial charge is 0.493 e. The Hall–Kier alpha value is -4.18. The molecule has 46 heavy (non-hydrogen) atoms. The Bertz CT molecular complexity index is 1630. The first-order chi connectivity index (χ1) is 22.2. The van der Waals surface area contributed by atoms with E-state index in [4.69, 9.17) is 23.7 Å². The average molecular weight is 636 g/mol. The van der Waals surface area contributed by atoms with Gasteiger partial charge in [-0.3, -0.25) is 9.59 Å². The Balaban J connectivity index is 1.53. The predicted molar refractivity (Wildman–Crippen MR) is 174 cm³/mol. The molecule has 0 fully saturated rings. The maximum Gasteiger partial charge on any atom is 0.380 e. The van der Waals surface area contributed by atoms with Gasteiger partial charge in [-0.15, -0.1) is 0 Å². The number of ether oxygens (including phenoxy) is 5. The van der Waals surface area contributed by atoms with E-state index in [1.165, 1.54) is 6.07 Å². The van der Waals surface area contributed by atoms with Crippen molar-refractivity contribution in [3.8, 4) is 11.5 Å². The van der Waals surface area contributed by atoms with Crippen molar-refractivity contribution in [3.63, 3.8) is 0 Å². The summed E-state index contributed by atoms with van der Waals surface area (Å²) in [7, 11) is 0. The first-order valence-electron chi connectivity index (χ1n) is 16.4. The number of aromatic amines is 1. The number of aryl methyl sites for hydroxylation is 3. The van der Waals surface area contributed by atoms with Crippen molar-refractivity contribution in [2.75, 3.05) is 26.4 Å². The molecule has 0 saturated carbocycles. The third kappa shape index (κ3) is 7.61. The second-order valence-corrected chi connectivity index (χ2v) is 11.3. The molecule has 0 amide bonds. The molecule has 1 aliphatic rings. The van der Waals surface area contributed by atoms with E-state index in [2.05, 4.69) is 24.9 Å². The average Bonchev–Trinajstić information content (AvgIpc) is 3.03. The number of ketones is 1. The minimum Gasteiger partial charge on any atom is -0.493 e. The van der Waals surface area contributed by atoms with Gasteiger partial charge in [-0.2, -0.15) is 0 Å². The van der Waals surface area contributed by atoms with Crippen LogP contribution in [0.3, 0.4) is 0 Å². The number of benzene rings is 2. The van der Waals surface area contributed by atoms with Gasteiger partial charge in [0.05, 0.1) is 43.9 Å². The lowest BCUT2D eigenvalue weighted by Gasteiger charge is -2.36. The van der Waals surface area contributed by atoms with Crippen LogP contribution in [0, 0.1) is 0 Å². The van der Waals surface area contributed by atoms with Crippen LogP contribution in [0.4, 0.5) is 0 Å². The van der Waals surface area contributed by atoms with Crippen LogP contribution in [-0.4, -0.2) is 54.9 Å². The summed E-state index contributed by atoms with van der Waals surface area (Å²) in [5.74, 6) is -2.51. The topological polar surface area (TPSA) is 130 Å². The summed E-state index contributed by atoms with van der Waals surface area (Å²) >= 11 is 0. The number of Topliss-reactive ketones (excluding diaryl/α,β-unsaturated/α-hetero) is 1. The van der Waals surface area contributed by atoms with Gasteiger partial charge in [0.2, 0.25) is 0 Å². The van der Waals surface area contributed by atoms with Gasteiger partial charge in [0.1, 0.15) is 17.2 Å². The molecule has 0 bridgehead atoms. The monoisotopic (exact) mass is 635 g/mol. The standard InChI is InChI=1S/C36H45NO9/c1-6-12-23-19-24(13-7-2)33-27(20-23)30(39)22-36(46-33,35(41)43-10-5)45-18-11-17-44-31-16-15-25-29(38)21-28(34(40)42-9-4)37-32(25)26(31)14-8-3/h15-16,19-21H,6-14,17-18,22H2,1-5H3,(H,37,38). The molecule has 248 valence electrons. The number of aromatic nitrogens is 1. The van der Waals surface area contributed by atoms with Gasteiger partial charge >= 0.3 is 17.7 Å². The molecule has 10 nitrogen and oxygen atoms in total. The molecule has 4 rings (SSSR count). The van der Waals surface area contributed by atoms with E-state index in [1.807, 2.05) is 13.0 Å². The summed E-state index contributed by atoms with van der Waals surface area (Å²) in [5.41, 5.74) is 3.53. The normalized spacial score (nSPS) is 15.7. The maximum atomic E-state index is 13.5. The number of carbonyl (C=O) groups excluding carboxylic acids is 3. The molecule has 2 aromatic carbocycles. The van der Waals surface area contributed by atoms with Crippen LogP contribution in [0.5, 0.6) is 11.5 Å². The highest BCUT2D eigenvalue weighted by atomic mass is 16.7. The number of esters is 2. The molecule has 0 radical (unpaired) electrons. The Labute approximate surface area is 269 Å². The molecular weight excluding hydrogens is 590 g/mol. The third-order valence-electron chi connectivity index (χ3n) is 7.78. The number of hydrogen-bond donors (Lipinski definition) is 1. The lowest BCUT2D eigenvalue weighted by molar-refractivity contribution is -0.218. The van der Waals surface area contributed by atoms with Crippen LogP contribution >= 0.6 is 0 Å². The van der Waals surface area contributed by atoms with Gasteiger partial charge in [-0.25, -0.2) is 9.59 Å². The highest BCUT2D eigenvalue weighted by Crippen LogP contribution is 2.39. The molecular formula is C36H45NO9. The van der Waals surface area contributed by atoms with Crippen LogP contribution in [-0.2, 0) is 38.3 Å². The molecule has 10 heteroatoms. The minimum absolute atomic E-state index is 0.0546. The van der Waals surface area contributed by atoms with E-state index >= 15 is 0 Å². The van der Waals surface area contributed by atoms with Gasteiger partial charge in [0.25, 0.3) is 0 Å². The lowest BCUT2D eigenvalue weighted by atomic mass is 9.91. The Morgan fingerprint density at radius 2 is 1.63 bits per heavy atom. The summed E-state index contributed by atoms with van der Waals surface area (Å²) < 4.78 is 29.0. The number of nitrogens with one attached hydrogen (secondary N) is 1. The molecule has 0 aliphatic carbocycles. The van der Waals surface area contributed by atoms with Crippen molar-refractivity contribution >= 4 is 28.6 Å². The molecule has 2 heterocycles. The summed E-state index contributed by atoms with van der Waals surface area (Å²) in [6.45, 7) is 10.1. The zero-order chi connectivity index (χ0) is 33.3. The van der Waals surface area contributed by atoms with Crippen LogP contribution in [0.2, 0.25) is 0 Å². The zero-order valence-corrected chi connectivity index (χ0v) is 27.5. The predicted octanol–water partition coefficient (Wildman–Crippen LogP) is 6.27. The first kappa shape index (κ1) is 34.7. The van der Waals surface area contributed by atoms with Gasteiger partial charge in [0, 0.05) is 23.4 Å². The van der Waals surface area contributed by atoms with Crippen molar-refractivity contribution in [1.82, 2.24) is 4.98 Å². The van der Waals surface area contributed by atoms with E-state index in [0.29, 0.717) is 47.2 Å². The van der Waals surface area contributed by atoms with Crippen molar-refractivity contribution < 1.29 is 38.1 Å². The maximum absolute atomic E-state index is 13.5. The van der Waals surface area contributed by atoms with Gasteiger partial charge in [-0.1, -0.05) is 46.1 Å². The van der Waals surface area contributed by atoms with Crippen LogP contribution in [0.15, 0.2) is 35.1 Å². The van der Waals surface area contributed by atoms with E-state index in [1.54, 1.807) is 26.0 Å². The molecule has 1 aliphatic heterocycles. The summed E-state index contributed by atoms with van der Waals surface area (Å²) in [5, 5.41) is 0.451. The van der Waals surface area contributed by atoms with Gasteiger partial charge < -0.3 is 28.7 Å². The van der Waals surface area contributed by atoms with Crippen molar-refractivity contribution in [3.05, 3.63) is 68.5 Å². The molecule has 1 aromatic heterocycles. The highest BCUT2D eigenvalue weighted by molar-refractivity contribution is 6.04. The molecule has 1 unspecified atom stereocenters. The van der Waals surface area contributed by atoms with Gasteiger partial charge in [-0.05, 0) is 62.4 Å². The second-order valence-electron chi connectivity index (χ2n) is 11.3. The summed E-state index contributed by atoms with van der Waals surface area (Å²) in [4.78, 5) is 55.0. The first-order valence-corrected chi connectivity index (χ1v) is 16.4. The van der Waals surface area contributed by atoms with Crippen molar-refractivity contribution in [1.29, 1.82) is 0 Å².